The van der Waals surface area contributed by atoms with Gasteiger partial charge in [-0.15, -0.1) is 0 Å². The first-order valence-electron chi connectivity index (χ1n) is 5.06. The second-order valence-electron chi connectivity index (χ2n) is 3.90. The Morgan fingerprint density at radius 2 is 2.19 bits per heavy atom. The maximum Gasteiger partial charge on any atom is 0.329 e. The lowest BCUT2D eigenvalue weighted by molar-refractivity contribution is -0.140. The molecule has 7 heteroatoms. The molecule has 0 aromatic heterocycles. The molecule has 0 radical (unpaired) electrons. The van der Waals surface area contributed by atoms with Crippen LogP contribution in [-0.2, 0) is 9.36 Å². The van der Waals surface area contributed by atoms with Gasteiger partial charge in [0.05, 0.1) is 6.16 Å². The number of nitrogens with one attached hydrogen (secondary N) is 1. The fourth-order valence-electron chi connectivity index (χ4n) is 1.70. The van der Waals surface area contributed by atoms with E-state index < -0.39 is 19.6 Å². The Morgan fingerprint density at radius 3 is 2.75 bits per heavy atom. The van der Waals surface area contributed by atoms with Crippen molar-refractivity contribution in [1.29, 1.82) is 0 Å². The van der Waals surface area contributed by atoms with Gasteiger partial charge in [-0.1, -0.05) is 12.2 Å². The van der Waals surface area contributed by atoms with Crippen LogP contribution in [-0.4, -0.2) is 39.6 Å². The van der Waals surface area contributed by atoms with Crippen molar-refractivity contribution < 1.29 is 24.3 Å². The summed E-state index contributed by atoms with van der Waals surface area (Å²) in [6.07, 6.45) is 4.12. The Hall–Kier alpha value is -0.680. The van der Waals surface area contributed by atoms with Crippen LogP contribution in [0.3, 0.4) is 0 Å². The molecule has 0 aromatic carbocycles. The van der Waals surface area contributed by atoms with Gasteiger partial charge in [-0.25, -0.2) is 0 Å². The van der Waals surface area contributed by atoms with E-state index in [-0.39, 0.29) is 12.1 Å². The summed E-state index contributed by atoms with van der Waals surface area (Å²) in [6, 6.07) is -0.557. The van der Waals surface area contributed by atoms with E-state index >= 15 is 0 Å². The van der Waals surface area contributed by atoms with Gasteiger partial charge in [-0.2, -0.15) is 0 Å². The third kappa shape index (κ3) is 4.90. The molecule has 6 nitrogen and oxygen atoms in total. The highest BCUT2D eigenvalue weighted by Gasteiger charge is 2.24. The second-order valence-corrected chi connectivity index (χ2v) is 5.60. The predicted octanol–water partition coefficient (Wildman–Crippen LogP) is 0.173. The minimum atomic E-state index is -3.99. The van der Waals surface area contributed by atoms with Crippen molar-refractivity contribution >= 4 is 13.6 Å². The van der Waals surface area contributed by atoms with Crippen LogP contribution in [0, 0.1) is 5.92 Å². The zero-order valence-corrected chi connectivity index (χ0v) is 9.64. The molecule has 0 amide bonds. The normalized spacial score (nSPS) is 27.1. The van der Waals surface area contributed by atoms with Crippen LogP contribution in [0.2, 0.25) is 0 Å². The van der Waals surface area contributed by atoms with Gasteiger partial charge in [0.2, 0.25) is 0 Å². The fraction of sp³-hybridized carbons (Fsp3) is 0.667. The Balaban J connectivity index is 2.43. The van der Waals surface area contributed by atoms with Gasteiger partial charge < -0.3 is 20.2 Å². The Kier molecular flexibility index (Phi) is 4.68. The Morgan fingerprint density at radius 1 is 1.50 bits per heavy atom. The first-order valence-corrected chi connectivity index (χ1v) is 6.85. The van der Waals surface area contributed by atoms with Crippen LogP contribution < -0.4 is 5.32 Å². The molecule has 1 saturated heterocycles. The molecule has 16 heavy (non-hydrogen) atoms. The van der Waals surface area contributed by atoms with E-state index in [1.807, 2.05) is 0 Å². The molecule has 0 spiro atoms. The molecule has 1 aliphatic rings. The molecule has 4 N–H and O–H groups in total. The van der Waals surface area contributed by atoms with E-state index in [4.69, 9.17) is 14.9 Å². The monoisotopic (exact) mass is 249 g/mol. The molecule has 0 aromatic rings. The summed E-state index contributed by atoms with van der Waals surface area (Å²) in [7, 11) is -3.99. The first kappa shape index (κ1) is 13.4. The molecule has 1 heterocycles. The van der Waals surface area contributed by atoms with Crippen molar-refractivity contribution in [3.8, 4) is 0 Å². The van der Waals surface area contributed by atoms with Crippen LogP contribution in [0.25, 0.3) is 0 Å². The van der Waals surface area contributed by atoms with Gasteiger partial charge in [0.1, 0.15) is 6.04 Å². The smallest absolute Gasteiger partial charge is 0.329 e. The standard InChI is InChI=1S/C9H16NO5P/c11-9(12)8-6-7(3-4-10-8)2-1-5-16(13,14)15/h1-2,7-8,10H,3-6H2,(H,11,12)(H2,13,14,15)/t7-,8+/m1/s1. The summed E-state index contributed by atoms with van der Waals surface area (Å²) in [5.41, 5.74) is 0. The van der Waals surface area contributed by atoms with Crippen molar-refractivity contribution in [2.45, 2.75) is 18.9 Å². The fourth-order valence-corrected chi connectivity index (χ4v) is 2.10. The molecule has 0 aliphatic carbocycles. The molecule has 2 atom stereocenters. The number of aliphatic carboxylic acids is 1. The number of hydrogen-bond donors (Lipinski definition) is 4. The minimum Gasteiger partial charge on any atom is -0.480 e. The molecule has 1 rings (SSSR count). The maximum absolute atomic E-state index is 10.7. The van der Waals surface area contributed by atoms with Gasteiger partial charge >= 0.3 is 13.6 Å². The molecule has 1 fully saturated rings. The number of rotatable bonds is 4. The highest BCUT2D eigenvalue weighted by Crippen LogP contribution is 2.34. The van der Waals surface area contributed by atoms with Crippen LogP contribution in [0.1, 0.15) is 12.8 Å². The second kappa shape index (κ2) is 5.59. The number of carbonyl (C=O) groups is 1. The van der Waals surface area contributed by atoms with Crippen molar-refractivity contribution in [1.82, 2.24) is 5.32 Å². The highest BCUT2D eigenvalue weighted by molar-refractivity contribution is 7.51. The average molecular weight is 249 g/mol. The zero-order chi connectivity index (χ0) is 12.2. The lowest BCUT2D eigenvalue weighted by Gasteiger charge is -2.25. The van der Waals surface area contributed by atoms with Crippen LogP contribution in [0.4, 0.5) is 0 Å². The maximum atomic E-state index is 10.7. The lowest BCUT2D eigenvalue weighted by atomic mass is 9.92. The third-order valence-corrected chi connectivity index (χ3v) is 3.18. The summed E-state index contributed by atoms with van der Waals surface area (Å²) in [5.74, 6) is -0.804. The number of allylic oxidation sites excluding steroid dienone is 2. The van der Waals surface area contributed by atoms with E-state index in [0.29, 0.717) is 13.0 Å². The van der Waals surface area contributed by atoms with Crippen molar-refractivity contribution in [3.05, 3.63) is 12.2 Å². The van der Waals surface area contributed by atoms with Crippen molar-refractivity contribution in [2.75, 3.05) is 12.7 Å². The van der Waals surface area contributed by atoms with Gasteiger partial charge in [-0.05, 0) is 25.3 Å². The summed E-state index contributed by atoms with van der Waals surface area (Å²) in [5, 5.41) is 11.7. The summed E-state index contributed by atoms with van der Waals surface area (Å²) < 4.78 is 10.6. The van der Waals surface area contributed by atoms with Gasteiger partial charge in [0, 0.05) is 0 Å². The van der Waals surface area contributed by atoms with Crippen LogP contribution in [0.5, 0.6) is 0 Å². The highest BCUT2D eigenvalue weighted by atomic mass is 31.2. The Bertz CT molecular complexity index is 324. The lowest BCUT2D eigenvalue weighted by Crippen LogP contribution is -2.43. The van der Waals surface area contributed by atoms with Crippen LogP contribution >= 0.6 is 7.60 Å². The summed E-state index contributed by atoms with van der Waals surface area (Å²) in [6.45, 7) is 0.613. The van der Waals surface area contributed by atoms with E-state index in [2.05, 4.69) is 5.32 Å². The largest absolute Gasteiger partial charge is 0.480 e. The summed E-state index contributed by atoms with van der Waals surface area (Å²) in [4.78, 5) is 28.0. The van der Waals surface area contributed by atoms with Crippen LogP contribution in [0.15, 0.2) is 12.2 Å². The third-order valence-electron chi connectivity index (χ3n) is 2.49. The quantitative estimate of drug-likeness (QED) is 0.418. The molecular formula is C9H16NO5P. The van der Waals surface area contributed by atoms with E-state index in [1.54, 1.807) is 6.08 Å². The zero-order valence-electron chi connectivity index (χ0n) is 8.74. The number of carboxylic acid groups (broad SMARTS) is 1. The van der Waals surface area contributed by atoms with Crippen molar-refractivity contribution in [3.63, 3.8) is 0 Å². The SMILES string of the molecule is O=C(O)[C@@H]1C[C@H](C=CCP(=O)(O)O)CCN1. The average Bonchev–Trinajstić information content (AvgIpc) is 2.16. The Labute approximate surface area is 93.5 Å². The number of hydrogen-bond acceptors (Lipinski definition) is 3. The molecule has 0 bridgehead atoms. The predicted molar refractivity (Wildman–Crippen MR) is 58.2 cm³/mol. The molecule has 1 aliphatic heterocycles. The van der Waals surface area contributed by atoms with Gasteiger partial charge in [0.15, 0.2) is 0 Å². The van der Waals surface area contributed by atoms with E-state index in [9.17, 15) is 9.36 Å². The van der Waals surface area contributed by atoms with Crippen molar-refractivity contribution in [2.24, 2.45) is 5.92 Å². The molecule has 92 valence electrons. The summed E-state index contributed by atoms with van der Waals surface area (Å²) >= 11 is 0. The van der Waals surface area contributed by atoms with E-state index in [0.717, 1.165) is 6.42 Å². The minimum absolute atomic E-state index is 0.0777. The van der Waals surface area contributed by atoms with Gasteiger partial charge in [-0.3, -0.25) is 9.36 Å². The molecular weight excluding hydrogens is 233 g/mol. The van der Waals surface area contributed by atoms with E-state index in [1.165, 1.54) is 6.08 Å². The first-order chi connectivity index (χ1) is 7.38. The van der Waals surface area contributed by atoms with Gasteiger partial charge in [0.25, 0.3) is 0 Å². The number of carboxylic acids is 1. The number of piperidine rings is 1. The molecule has 0 saturated carbocycles. The molecule has 0 unspecified atom stereocenters. The topological polar surface area (TPSA) is 107 Å².